The highest BCUT2D eigenvalue weighted by atomic mass is 32.1. The molecular formula is C16H21NO3S. The lowest BCUT2D eigenvalue weighted by molar-refractivity contribution is -0.115. The zero-order valence-corrected chi connectivity index (χ0v) is 13.4. The Hall–Kier alpha value is -1.62. The van der Waals surface area contributed by atoms with Crippen LogP contribution in [0.1, 0.15) is 49.7 Å². The number of hydrogen-bond acceptors (Lipinski definition) is 3. The molecule has 0 aliphatic heterocycles. The number of carbonyl (C=O) groups is 2. The number of carbonyl (C=O) groups excluding carboxylic acids is 1. The van der Waals surface area contributed by atoms with Crippen molar-refractivity contribution in [3.05, 3.63) is 28.0 Å². The number of nitrogens with zero attached hydrogens (tertiary/aromatic N) is 1. The second kappa shape index (κ2) is 6.43. The van der Waals surface area contributed by atoms with Crippen molar-refractivity contribution >= 4 is 28.9 Å². The molecule has 4 nitrogen and oxygen atoms in total. The summed E-state index contributed by atoms with van der Waals surface area (Å²) in [6.45, 7) is 6.00. The quantitative estimate of drug-likeness (QED) is 0.916. The van der Waals surface area contributed by atoms with E-state index in [-0.39, 0.29) is 16.8 Å². The molecule has 0 radical (unpaired) electrons. The van der Waals surface area contributed by atoms with Gasteiger partial charge in [0.25, 0.3) is 5.91 Å². The zero-order valence-electron chi connectivity index (χ0n) is 12.6. The second-order valence-electron chi connectivity index (χ2n) is 5.82. The number of hydrogen-bond donors (Lipinski definition) is 1. The highest BCUT2D eigenvalue weighted by Crippen LogP contribution is 2.31. The molecule has 1 amide bonds. The van der Waals surface area contributed by atoms with Crippen molar-refractivity contribution in [2.24, 2.45) is 5.92 Å². The fraction of sp³-hybridized carbons (Fsp3) is 0.500. The molecule has 1 aromatic heterocycles. The third-order valence-corrected chi connectivity index (χ3v) is 4.67. The predicted molar refractivity (Wildman–Crippen MR) is 85.0 cm³/mol. The van der Waals surface area contributed by atoms with Crippen LogP contribution in [0.5, 0.6) is 0 Å². The third-order valence-electron chi connectivity index (χ3n) is 3.78. The van der Waals surface area contributed by atoms with Crippen molar-refractivity contribution in [3.63, 3.8) is 0 Å². The fourth-order valence-electron chi connectivity index (χ4n) is 2.59. The number of allylic oxidation sites excluding steroid dienone is 1. The van der Waals surface area contributed by atoms with E-state index in [1.165, 1.54) is 0 Å². The maximum atomic E-state index is 12.8. The minimum Gasteiger partial charge on any atom is -0.477 e. The summed E-state index contributed by atoms with van der Waals surface area (Å²) < 4.78 is 0. The number of amides is 1. The summed E-state index contributed by atoms with van der Waals surface area (Å²) in [5, 5.41) is 11.0. The van der Waals surface area contributed by atoms with Crippen LogP contribution in [0, 0.1) is 5.92 Å². The summed E-state index contributed by atoms with van der Waals surface area (Å²) in [6, 6.07) is 1.64. The molecule has 0 saturated carbocycles. The summed E-state index contributed by atoms with van der Waals surface area (Å²) in [5.41, 5.74) is 1.32. The van der Waals surface area contributed by atoms with E-state index in [1.807, 2.05) is 19.9 Å². The monoisotopic (exact) mass is 307 g/mol. The lowest BCUT2D eigenvalue weighted by Crippen LogP contribution is -2.39. The highest BCUT2D eigenvalue weighted by Gasteiger charge is 2.28. The minimum atomic E-state index is -0.982. The fourth-order valence-corrected chi connectivity index (χ4v) is 3.31. The van der Waals surface area contributed by atoms with E-state index in [0.29, 0.717) is 11.6 Å². The van der Waals surface area contributed by atoms with Gasteiger partial charge in [-0.1, -0.05) is 13.0 Å². The first-order valence-electron chi connectivity index (χ1n) is 7.25. The van der Waals surface area contributed by atoms with Gasteiger partial charge < -0.3 is 10.0 Å². The number of rotatable bonds is 4. The largest absolute Gasteiger partial charge is 0.477 e. The predicted octanol–water partition coefficient (Wildman–Crippen LogP) is 3.93. The van der Waals surface area contributed by atoms with Gasteiger partial charge in [0.05, 0.1) is 5.69 Å². The molecule has 21 heavy (non-hydrogen) atoms. The van der Waals surface area contributed by atoms with E-state index in [2.05, 4.69) is 6.92 Å². The number of anilines is 1. The van der Waals surface area contributed by atoms with Crippen molar-refractivity contribution in [3.8, 4) is 0 Å². The second-order valence-corrected chi connectivity index (χ2v) is 6.73. The molecular weight excluding hydrogens is 286 g/mol. The van der Waals surface area contributed by atoms with E-state index in [4.69, 9.17) is 0 Å². The molecule has 0 aromatic carbocycles. The van der Waals surface area contributed by atoms with E-state index in [1.54, 1.807) is 16.3 Å². The van der Waals surface area contributed by atoms with E-state index < -0.39 is 5.97 Å². The van der Waals surface area contributed by atoms with Crippen LogP contribution in [-0.4, -0.2) is 23.0 Å². The number of aromatic carboxylic acids is 1. The molecule has 0 bridgehead atoms. The summed E-state index contributed by atoms with van der Waals surface area (Å²) >= 11 is 1.15. The Morgan fingerprint density at radius 1 is 1.43 bits per heavy atom. The van der Waals surface area contributed by atoms with Crippen molar-refractivity contribution < 1.29 is 14.7 Å². The Balaban J connectivity index is 2.33. The van der Waals surface area contributed by atoms with Gasteiger partial charge in [-0.15, -0.1) is 11.3 Å². The van der Waals surface area contributed by atoms with Gasteiger partial charge in [-0.3, -0.25) is 4.79 Å². The first kappa shape index (κ1) is 15.8. The molecule has 2 rings (SSSR count). The molecule has 1 unspecified atom stereocenters. The van der Waals surface area contributed by atoms with Gasteiger partial charge in [-0.05, 0) is 50.5 Å². The van der Waals surface area contributed by atoms with Gasteiger partial charge >= 0.3 is 5.97 Å². The molecule has 1 N–H and O–H groups in total. The van der Waals surface area contributed by atoms with Gasteiger partial charge in [0.1, 0.15) is 4.88 Å². The molecule has 1 aromatic rings. The van der Waals surface area contributed by atoms with Crippen molar-refractivity contribution in [2.45, 2.75) is 46.1 Å². The Kier molecular flexibility index (Phi) is 4.83. The Labute approximate surface area is 129 Å². The minimum absolute atomic E-state index is 0.0576. The Bertz CT molecular complexity index is 574. The van der Waals surface area contributed by atoms with Crippen LogP contribution in [-0.2, 0) is 4.79 Å². The van der Waals surface area contributed by atoms with Gasteiger partial charge in [-0.2, -0.15) is 0 Å². The van der Waals surface area contributed by atoms with Crippen LogP contribution in [0.15, 0.2) is 23.1 Å². The van der Waals surface area contributed by atoms with Crippen LogP contribution in [0.2, 0.25) is 0 Å². The number of thiophene rings is 1. The zero-order chi connectivity index (χ0) is 15.6. The molecule has 0 fully saturated rings. The molecule has 5 heteroatoms. The molecule has 1 atom stereocenters. The molecule has 1 aliphatic carbocycles. The van der Waals surface area contributed by atoms with Crippen molar-refractivity contribution in [1.29, 1.82) is 0 Å². The molecule has 1 aliphatic rings. The highest BCUT2D eigenvalue weighted by molar-refractivity contribution is 7.12. The molecule has 1 heterocycles. The first-order chi connectivity index (χ1) is 9.91. The number of carboxylic acid groups (broad SMARTS) is 1. The van der Waals surface area contributed by atoms with Crippen LogP contribution in [0.25, 0.3) is 0 Å². The van der Waals surface area contributed by atoms with Crippen LogP contribution < -0.4 is 4.90 Å². The van der Waals surface area contributed by atoms with Crippen molar-refractivity contribution in [2.75, 3.05) is 4.90 Å². The van der Waals surface area contributed by atoms with E-state index in [9.17, 15) is 14.7 Å². The van der Waals surface area contributed by atoms with Gasteiger partial charge in [0, 0.05) is 11.6 Å². The van der Waals surface area contributed by atoms with Crippen LogP contribution in [0.4, 0.5) is 5.69 Å². The SMILES string of the molecule is CC1CC=C(C(=O)N(c2ccsc2C(=O)O)C(C)C)CC1. The maximum Gasteiger partial charge on any atom is 0.348 e. The molecule has 0 saturated heterocycles. The van der Waals surface area contributed by atoms with Crippen LogP contribution in [0.3, 0.4) is 0 Å². The van der Waals surface area contributed by atoms with Crippen molar-refractivity contribution in [1.82, 2.24) is 0 Å². The van der Waals surface area contributed by atoms with E-state index in [0.717, 1.165) is 36.2 Å². The Morgan fingerprint density at radius 2 is 2.14 bits per heavy atom. The average molecular weight is 307 g/mol. The van der Waals surface area contributed by atoms with Gasteiger partial charge in [0.2, 0.25) is 0 Å². The molecule has 0 spiro atoms. The lowest BCUT2D eigenvalue weighted by Gasteiger charge is -2.29. The van der Waals surface area contributed by atoms with Gasteiger partial charge in [-0.25, -0.2) is 4.79 Å². The van der Waals surface area contributed by atoms with E-state index >= 15 is 0 Å². The first-order valence-corrected chi connectivity index (χ1v) is 8.13. The van der Waals surface area contributed by atoms with Gasteiger partial charge in [0.15, 0.2) is 0 Å². The smallest absolute Gasteiger partial charge is 0.348 e. The third kappa shape index (κ3) is 3.35. The summed E-state index contributed by atoms with van der Waals surface area (Å²) in [5.74, 6) is -0.424. The Morgan fingerprint density at radius 3 is 2.67 bits per heavy atom. The normalized spacial score (nSPS) is 18.5. The topological polar surface area (TPSA) is 57.6 Å². The lowest BCUT2D eigenvalue weighted by atomic mass is 9.90. The maximum absolute atomic E-state index is 12.8. The molecule has 114 valence electrons. The summed E-state index contributed by atoms with van der Waals surface area (Å²) in [4.78, 5) is 25.9. The standard InChI is InChI=1S/C16H21NO3S/c1-10(2)17(13-8-9-21-14(13)16(19)20)15(18)12-6-4-11(3)5-7-12/h6,8-11H,4-5,7H2,1-3H3,(H,19,20). The van der Waals surface area contributed by atoms with Crippen LogP contribution >= 0.6 is 11.3 Å². The summed E-state index contributed by atoms with van der Waals surface area (Å²) in [6.07, 6.45) is 4.72. The number of carboxylic acids is 1. The summed E-state index contributed by atoms with van der Waals surface area (Å²) in [7, 11) is 0. The average Bonchev–Trinajstić information content (AvgIpc) is 2.88.